The van der Waals surface area contributed by atoms with E-state index in [1.165, 1.54) is 103 Å². The molecule has 0 aromatic carbocycles. The van der Waals surface area contributed by atoms with E-state index in [9.17, 15) is 19.2 Å². The zero-order valence-electron chi connectivity index (χ0n) is 30.9. The second-order valence-electron chi connectivity index (χ2n) is 13.4. The number of ether oxygens (including phenoxy) is 4. The molecular weight excluding hydrogens is 596 g/mol. The standard InChI is InChI=1S/C39H72O8/c1-5-7-9-11-13-15-17-19-21-23-25-28-36(40)44-32-35(33-45-37(41)30-27-31-38(42)46-34(3)4)47-39(43)29-26-24-22-20-18-16-14-12-10-8-6-2/h34-35H,5-33H2,1-4H3. The van der Waals surface area contributed by atoms with Gasteiger partial charge < -0.3 is 18.9 Å². The third-order valence-electron chi connectivity index (χ3n) is 8.26. The van der Waals surface area contributed by atoms with Gasteiger partial charge in [0.15, 0.2) is 6.10 Å². The summed E-state index contributed by atoms with van der Waals surface area (Å²) in [6, 6.07) is 0. The molecule has 1 atom stereocenters. The lowest BCUT2D eigenvalue weighted by atomic mass is 10.1. The predicted octanol–water partition coefficient (Wildman–Crippen LogP) is 10.5. The van der Waals surface area contributed by atoms with Crippen LogP contribution < -0.4 is 0 Å². The largest absolute Gasteiger partial charge is 0.463 e. The van der Waals surface area contributed by atoms with Crippen LogP contribution in [0.3, 0.4) is 0 Å². The summed E-state index contributed by atoms with van der Waals surface area (Å²) in [7, 11) is 0. The minimum Gasteiger partial charge on any atom is -0.463 e. The summed E-state index contributed by atoms with van der Waals surface area (Å²) in [6.07, 6.45) is 26.4. The van der Waals surface area contributed by atoms with Gasteiger partial charge in [0.2, 0.25) is 0 Å². The Labute approximate surface area is 288 Å². The van der Waals surface area contributed by atoms with Crippen molar-refractivity contribution in [1.82, 2.24) is 0 Å². The van der Waals surface area contributed by atoms with Crippen molar-refractivity contribution in [3.05, 3.63) is 0 Å². The maximum Gasteiger partial charge on any atom is 0.306 e. The smallest absolute Gasteiger partial charge is 0.306 e. The first-order valence-electron chi connectivity index (χ1n) is 19.5. The fourth-order valence-electron chi connectivity index (χ4n) is 5.44. The van der Waals surface area contributed by atoms with Gasteiger partial charge in [0.25, 0.3) is 0 Å². The quantitative estimate of drug-likeness (QED) is 0.0379. The third-order valence-corrected chi connectivity index (χ3v) is 8.26. The highest BCUT2D eigenvalue weighted by atomic mass is 16.6. The Hall–Kier alpha value is -2.12. The summed E-state index contributed by atoms with van der Waals surface area (Å²) >= 11 is 0. The molecule has 47 heavy (non-hydrogen) atoms. The summed E-state index contributed by atoms with van der Waals surface area (Å²) < 4.78 is 21.4. The summed E-state index contributed by atoms with van der Waals surface area (Å²) in [5.41, 5.74) is 0. The number of carbonyl (C=O) groups excluding carboxylic acids is 4. The Kier molecular flexibility index (Phi) is 32.2. The van der Waals surface area contributed by atoms with Crippen LogP contribution in [-0.4, -0.2) is 49.3 Å². The summed E-state index contributed by atoms with van der Waals surface area (Å²) in [6.45, 7) is 7.69. The molecular formula is C39H72O8. The minimum absolute atomic E-state index is 0.0469. The van der Waals surface area contributed by atoms with E-state index in [0.29, 0.717) is 12.8 Å². The Morgan fingerprint density at radius 1 is 0.383 bits per heavy atom. The highest BCUT2D eigenvalue weighted by molar-refractivity contribution is 5.73. The number of rotatable bonds is 34. The second-order valence-corrected chi connectivity index (χ2v) is 13.4. The first-order chi connectivity index (χ1) is 22.8. The minimum atomic E-state index is -0.855. The summed E-state index contributed by atoms with van der Waals surface area (Å²) in [5.74, 6) is -1.56. The molecule has 0 amide bonds. The van der Waals surface area contributed by atoms with Gasteiger partial charge in [-0.15, -0.1) is 0 Å². The molecule has 8 heteroatoms. The van der Waals surface area contributed by atoms with Gasteiger partial charge in [0.1, 0.15) is 13.2 Å². The Morgan fingerprint density at radius 3 is 1.06 bits per heavy atom. The lowest BCUT2D eigenvalue weighted by molar-refractivity contribution is -0.167. The van der Waals surface area contributed by atoms with Crippen LogP contribution in [0.1, 0.15) is 201 Å². The molecule has 0 fully saturated rings. The molecule has 0 radical (unpaired) electrons. The lowest BCUT2D eigenvalue weighted by Gasteiger charge is -2.18. The number of esters is 4. The van der Waals surface area contributed by atoms with Gasteiger partial charge in [-0.05, 0) is 33.1 Å². The van der Waals surface area contributed by atoms with E-state index in [2.05, 4.69) is 13.8 Å². The average molecular weight is 669 g/mol. The van der Waals surface area contributed by atoms with Crippen LogP contribution in [0.15, 0.2) is 0 Å². The maximum absolute atomic E-state index is 12.6. The summed E-state index contributed by atoms with van der Waals surface area (Å²) in [5, 5.41) is 0. The Morgan fingerprint density at radius 2 is 0.681 bits per heavy atom. The van der Waals surface area contributed by atoms with Crippen LogP contribution in [0.5, 0.6) is 0 Å². The summed E-state index contributed by atoms with van der Waals surface area (Å²) in [4.78, 5) is 48.9. The van der Waals surface area contributed by atoms with Crippen LogP contribution in [0, 0.1) is 0 Å². The van der Waals surface area contributed by atoms with E-state index in [-0.39, 0.29) is 56.5 Å². The molecule has 0 bridgehead atoms. The molecule has 8 nitrogen and oxygen atoms in total. The number of carbonyl (C=O) groups is 4. The van der Waals surface area contributed by atoms with Crippen LogP contribution >= 0.6 is 0 Å². The number of hydrogen-bond acceptors (Lipinski definition) is 8. The molecule has 0 spiro atoms. The molecule has 0 rings (SSSR count). The molecule has 0 aliphatic carbocycles. The van der Waals surface area contributed by atoms with Gasteiger partial charge in [0.05, 0.1) is 6.10 Å². The van der Waals surface area contributed by atoms with E-state index >= 15 is 0 Å². The molecule has 0 aromatic heterocycles. The monoisotopic (exact) mass is 669 g/mol. The molecule has 276 valence electrons. The molecule has 0 heterocycles. The van der Waals surface area contributed by atoms with Gasteiger partial charge >= 0.3 is 23.9 Å². The van der Waals surface area contributed by atoms with E-state index in [1.54, 1.807) is 13.8 Å². The highest BCUT2D eigenvalue weighted by Gasteiger charge is 2.20. The van der Waals surface area contributed by atoms with Crippen LogP contribution in [0.2, 0.25) is 0 Å². The average Bonchev–Trinajstić information content (AvgIpc) is 3.03. The van der Waals surface area contributed by atoms with Gasteiger partial charge in [-0.2, -0.15) is 0 Å². The molecule has 1 unspecified atom stereocenters. The first kappa shape index (κ1) is 44.9. The van der Waals surface area contributed by atoms with Crippen molar-refractivity contribution in [3.8, 4) is 0 Å². The Bertz CT molecular complexity index is 766. The van der Waals surface area contributed by atoms with E-state index in [4.69, 9.17) is 18.9 Å². The highest BCUT2D eigenvalue weighted by Crippen LogP contribution is 2.14. The van der Waals surface area contributed by atoms with Crippen molar-refractivity contribution in [2.75, 3.05) is 13.2 Å². The fourth-order valence-corrected chi connectivity index (χ4v) is 5.44. The topological polar surface area (TPSA) is 105 Å². The van der Waals surface area contributed by atoms with E-state index in [1.807, 2.05) is 0 Å². The van der Waals surface area contributed by atoms with Gasteiger partial charge in [-0.1, -0.05) is 142 Å². The molecule has 0 N–H and O–H groups in total. The van der Waals surface area contributed by atoms with Gasteiger partial charge in [-0.3, -0.25) is 19.2 Å². The number of unbranched alkanes of at least 4 members (excludes halogenated alkanes) is 20. The molecule has 0 aliphatic heterocycles. The van der Waals surface area contributed by atoms with Crippen LogP contribution in [0.4, 0.5) is 0 Å². The molecule has 0 saturated carbocycles. The van der Waals surface area contributed by atoms with Gasteiger partial charge in [-0.25, -0.2) is 0 Å². The number of hydrogen-bond donors (Lipinski definition) is 0. The van der Waals surface area contributed by atoms with Crippen molar-refractivity contribution in [1.29, 1.82) is 0 Å². The fraction of sp³-hybridized carbons (Fsp3) is 0.897. The van der Waals surface area contributed by atoms with Gasteiger partial charge in [0, 0.05) is 25.7 Å². The van der Waals surface area contributed by atoms with Crippen molar-refractivity contribution in [3.63, 3.8) is 0 Å². The van der Waals surface area contributed by atoms with Crippen molar-refractivity contribution < 1.29 is 38.1 Å². The second kappa shape index (κ2) is 33.8. The Balaban J connectivity index is 4.38. The SMILES string of the molecule is CCCCCCCCCCCCCC(=O)OCC(COC(=O)CCCC(=O)OC(C)C)OC(=O)CCCCCCCCCCCCC. The zero-order valence-corrected chi connectivity index (χ0v) is 30.9. The maximum atomic E-state index is 12.6. The molecule has 0 aliphatic rings. The van der Waals surface area contributed by atoms with Crippen LogP contribution in [0.25, 0.3) is 0 Å². The van der Waals surface area contributed by atoms with E-state index < -0.39 is 12.1 Å². The molecule has 0 aromatic rings. The zero-order chi connectivity index (χ0) is 34.8. The van der Waals surface area contributed by atoms with E-state index in [0.717, 1.165) is 38.5 Å². The lowest BCUT2D eigenvalue weighted by Crippen LogP contribution is -2.31. The predicted molar refractivity (Wildman–Crippen MR) is 189 cm³/mol. The van der Waals surface area contributed by atoms with Crippen molar-refractivity contribution in [2.24, 2.45) is 0 Å². The van der Waals surface area contributed by atoms with Crippen molar-refractivity contribution in [2.45, 2.75) is 213 Å². The first-order valence-corrected chi connectivity index (χ1v) is 19.5. The molecule has 0 saturated heterocycles. The third kappa shape index (κ3) is 33.6. The normalized spacial score (nSPS) is 11.8. The van der Waals surface area contributed by atoms with Crippen LogP contribution in [-0.2, 0) is 38.1 Å². The van der Waals surface area contributed by atoms with Crippen molar-refractivity contribution >= 4 is 23.9 Å².